The second kappa shape index (κ2) is 4.33. The van der Waals surface area contributed by atoms with E-state index in [0.29, 0.717) is 12.0 Å². The third-order valence-electron chi connectivity index (χ3n) is 3.14. The Hall–Kier alpha value is -1.62. The number of rotatable bonds is 2. The first-order chi connectivity index (χ1) is 8.04. The number of nitrogens with zero attached hydrogens (tertiary/aromatic N) is 1. The lowest BCUT2D eigenvalue weighted by atomic mass is 10.0. The van der Waals surface area contributed by atoms with Crippen LogP contribution in [0.3, 0.4) is 0 Å². The molecule has 92 valence electrons. The lowest BCUT2D eigenvalue weighted by Gasteiger charge is -2.23. The van der Waals surface area contributed by atoms with Crippen molar-refractivity contribution in [3.05, 3.63) is 29.6 Å². The number of carbonyl (C=O) groups excluding carboxylic acids is 1. The Bertz CT molecular complexity index is 450. The molecule has 17 heavy (non-hydrogen) atoms. The molecule has 5 heteroatoms. The summed E-state index contributed by atoms with van der Waals surface area (Å²) in [6, 6.07) is 4.11. The Morgan fingerprint density at radius 2 is 2.24 bits per heavy atom. The van der Waals surface area contributed by atoms with Crippen molar-refractivity contribution >= 4 is 5.91 Å². The molecule has 0 aliphatic carbocycles. The SMILES string of the molecule is COc1ccc(C2C(N)CC(=O)N2C)cc1F. The van der Waals surface area contributed by atoms with Crippen molar-refractivity contribution < 1.29 is 13.9 Å². The zero-order valence-electron chi connectivity index (χ0n) is 9.81. The molecule has 1 aliphatic heterocycles. The molecule has 2 N–H and O–H groups in total. The first-order valence-electron chi connectivity index (χ1n) is 5.39. The highest BCUT2D eigenvalue weighted by Crippen LogP contribution is 2.32. The molecule has 0 bridgehead atoms. The number of hydrogen-bond acceptors (Lipinski definition) is 3. The van der Waals surface area contributed by atoms with Crippen molar-refractivity contribution in [1.82, 2.24) is 4.90 Å². The van der Waals surface area contributed by atoms with Gasteiger partial charge in [-0.3, -0.25) is 4.79 Å². The quantitative estimate of drug-likeness (QED) is 0.838. The molecule has 0 radical (unpaired) electrons. The van der Waals surface area contributed by atoms with E-state index in [1.165, 1.54) is 13.2 Å². The minimum Gasteiger partial charge on any atom is -0.494 e. The van der Waals surface area contributed by atoms with Gasteiger partial charge in [0.05, 0.1) is 13.2 Å². The van der Waals surface area contributed by atoms with Gasteiger partial charge in [0.2, 0.25) is 5.91 Å². The van der Waals surface area contributed by atoms with E-state index in [-0.39, 0.29) is 23.7 Å². The lowest BCUT2D eigenvalue weighted by molar-refractivity contribution is -0.127. The monoisotopic (exact) mass is 238 g/mol. The molecule has 4 nitrogen and oxygen atoms in total. The minimum absolute atomic E-state index is 0.0151. The minimum atomic E-state index is -0.440. The Morgan fingerprint density at radius 3 is 2.71 bits per heavy atom. The third kappa shape index (κ3) is 1.98. The van der Waals surface area contributed by atoms with Gasteiger partial charge in [-0.25, -0.2) is 4.39 Å². The number of likely N-dealkylation sites (N-methyl/N-ethyl adjacent to an activating group) is 1. The molecule has 1 saturated heterocycles. The van der Waals surface area contributed by atoms with E-state index in [9.17, 15) is 9.18 Å². The Morgan fingerprint density at radius 1 is 1.53 bits per heavy atom. The fourth-order valence-electron chi connectivity index (χ4n) is 2.24. The first kappa shape index (κ1) is 11.9. The summed E-state index contributed by atoms with van der Waals surface area (Å²) in [7, 11) is 3.09. The molecular formula is C12H15FN2O2. The summed E-state index contributed by atoms with van der Waals surface area (Å²) in [6.45, 7) is 0. The van der Waals surface area contributed by atoms with Crippen molar-refractivity contribution in [3.63, 3.8) is 0 Å². The summed E-state index contributed by atoms with van der Waals surface area (Å²) in [6.07, 6.45) is 0.300. The standard InChI is InChI=1S/C12H15FN2O2/c1-15-11(16)6-9(14)12(15)7-3-4-10(17-2)8(13)5-7/h3-5,9,12H,6,14H2,1-2H3. The van der Waals surface area contributed by atoms with Gasteiger partial charge in [0, 0.05) is 19.5 Å². The molecule has 1 aromatic rings. The normalized spacial score (nSPS) is 24.2. The fraction of sp³-hybridized carbons (Fsp3) is 0.417. The van der Waals surface area contributed by atoms with Crippen molar-refractivity contribution in [2.75, 3.05) is 14.2 Å². The zero-order chi connectivity index (χ0) is 12.6. The van der Waals surface area contributed by atoms with Crippen LogP contribution >= 0.6 is 0 Å². The van der Waals surface area contributed by atoms with Crippen LogP contribution in [0.5, 0.6) is 5.75 Å². The summed E-state index contributed by atoms with van der Waals surface area (Å²) in [4.78, 5) is 13.1. The third-order valence-corrected chi connectivity index (χ3v) is 3.14. The van der Waals surface area contributed by atoms with Crippen LogP contribution in [-0.2, 0) is 4.79 Å². The number of halogens is 1. The van der Waals surface area contributed by atoms with Crippen LogP contribution in [0, 0.1) is 5.82 Å². The number of likely N-dealkylation sites (tertiary alicyclic amines) is 1. The lowest BCUT2D eigenvalue weighted by Crippen LogP contribution is -2.30. The van der Waals surface area contributed by atoms with E-state index in [1.54, 1.807) is 24.1 Å². The van der Waals surface area contributed by atoms with Gasteiger partial charge in [0.1, 0.15) is 0 Å². The number of amides is 1. The predicted molar refractivity (Wildman–Crippen MR) is 61.1 cm³/mol. The fourth-order valence-corrected chi connectivity index (χ4v) is 2.24. The van der Waals surface area contributed by atoms with Crippen molar-refractivity contribution in [2.45, 2.75) is 18.5 Å². The molecule has 2 unspecified atom stereocenters. The van der Waals surface area contributed by atoms with E-state index in [1.807, 2.05) is 0 Å². The zero-order valence-corrected chi connectivity index (χ0v) is 9.81. The molecule has 1 fully saturated rings. The van der Waals surface area contributed by atoms with Crippen LogP contribution in [0.15, 0.2) is 18.2 Å². The van der Waals surface area contributed by atoms with Crippen LogP contribution in [0.1, 0.15) is 18.0 Å². The molecule has 1 aromatic carbocycles. The molecule has 0 saturated carbocycles. The Kier molecular flexibility index (Phi) is 3.02. The number of methoxy groups -OCH3 is 1. The van der Waals surface area contributed by atoms with Gasteiger partial charge in [-0.05, 0) is 17.7 Å². The van der Waals surface area contributed by atoms with Crippen LogP contribution < -0.4 is 10.5 Å². The number of ether oxygens (including phenoxy) is 1. The molecule has 1 amide bonds. The maximum atomic E-state index is 13.6. The maximum Gasteiger partial charge on any atom is 0.224 e. The first-order valence-corrected chi connectivity index (χ1v) is 5.39. The van der Waals surface area contributed by atoms with Gasteiger partial charge >= 0.3 is 0 Å². The highest BCUT2D eigenvalue weighted by Gasteiger charge is 2.36. The average Bonchev–Trinajstić information content (AvgIpc) is 2.53. The summed E-state index contributed by atoms with van der Waals surface area (Å²) < 4.78 is 18.4. The van der Waals surface area contributed by atoms with Gasteiger partial charge in [0.25, 0.3) is 0 Å². The Labute approximate surface area is 99.2 Å². The van der Waals surface area contributed by atoms with Gasteiger partial charge in [-0.2, -0.15) is 0 Å². The topological polar surface area (TPSA) is 55.6 Å². The molecule has 1 aliphatic rings. The summed E-state index contributed by atoms with van der Waals surface area (Å²) in [5.41, 5.74) is 6.59. The molecular weight excluding hydrogens is 223 g/mol. The Balaban J connectivity index is 2.34. The number of benzene rings is 1. The highest BCUT2D eigenvalue weighted by molar-refractivity contribution is 5.80. The van der Waals surface area contributed by atoms with Gasteiger partial charge in [-0.15, -0.1) is 0 Å². The summed E-state index contributed by atoms with van der Waals surface area (Å²) >= 11 is 0. The molecule has 0 aromatic heterocycles. The van der Waals surface area contributed by atoms with E-state index >= 15 is 0 Å². The van der Waals surface area contributed by atoms with Crippen LogP contribution in [0.2, 0.25) is 0 Å². The number of carbonyl (C=O) groups is 1. The molecule has 2 rings (SSSR count). The van der Waals surface area contributed by atoms with Gasteiger partial charge < -0.3 is 15.4 Å². The molecule has 2 atom stereocenters. The highest BCUT2D eigenvalue weighted by atomic mass is 19.1. The van der Waals surface area contributed by atoms with Crippen molar-refractivity contribution in [1.29, 1.82) is 0 Å². The van der Waals surface area contributed by atoms with Crippen LogP contribution in [0.25, 0.3) is 0 Å². The maximum absolute atomic E-state index is 13.6. The summed E-state index contributed by atoms with van der Waals surface area (Å²) in [5.74, 6) is -0.266. The molecule has 1 heterocycles. The second-order valence-corrected chi connectivity index (χ2v) is 4.21. The smallest absolute Gasteiger partial charge is 0.224 e. The van der Waals surface area contributed by atoms with Crippen molar-refractivity contribution in [2.24, 2.45) is 5.73 Å². The average molecular weight is 238 g/mol. The van der Waals surface area contributed by atoms with Crippen molar-refractivity contribution in [3.8, 4) is 5.75 Å². The van der Waals surface area contributed by atoms with E-state index < -0.39 is 5.82 Å². The van der Waals surface area contributed by atoms with E-state index in [0.717, 1.165) is 0 Å². The molecule has 0 spiro atoms. The van der Waals surface area contributed by atoms with Gasteiger partial charge in [-0.1, -0.05) is 6.07 Å². The van der Waals surface area contributed by atoms with Crippen LogP contribution in [0.4, 0.5) is 4.39 Å². The summed E-state index contributed by atoms with van der Waals surface area (Å²) in [5, 5.41) is 0. The number of nitrogens with two attached hydrogens (primary N) is 1. The van der Waals surface area contributed by atoms with E-state index in [2.05, 4.69) is 0 Å². The van der Waals surface area contributed by atoms with Gasteiger partial charge in [0.15, 0.2) is 11.6 Å². The van der Waals surface area contributed by atoms with Crippen LogP contribution in [-0.4, -0.2) is 31.0 Å². The number of hydrogen-bond donors (Lipinski definition) is 1. The second-order valence-electron chi connectivity index (χ2n) is 4.21. The largest absolute Gasteiger partial charge is 0.494 e. The predicted octanol–water partition coefficient (Wildman–Crippen LogP) is 1.06. The van der Waals surface area contributed by atoms with E-state index in [4.69, 9.17) is 10.5 Å².